The first-order chi connectivity index (χ1) is 10.1. The van der Waals surface area contributed by atoms with Crippen LogP contribution in [-0.4, -0.2) is 17.4 Å². The standard InChI is InChI=1S/C16H14FNO2S/c1-11(19)12-5-4-6-13(9-12)18-16(20)10-21-15-8-3-2-7-14(15)17/h2-9H,10H2,1H3,(H,18,20). The Bertz CT molecular complexity index is 673. The monoisotopic (exact) mass is 303 g/mol. The van der Waals surface area contributed by atoms with Crippen LogP contribution in [0, 0.1) is 5.82 Å². The predicted octanol–water partition coefficient (Wildman–Crippen LogP) is 3.76. The second-order valence-corrected chi connectivity index (χ2v) is 5.42. The Balaban J connectivity index is 1.95. The topological polar surface area (TPSA) is 46.2 Å². The number of rotatable bonds is 5. The summed E-state index contributed by atoms with van der Waals surface area (Å²) in [6, 6.07) is 13.0. The van der Waals surface area contributed by atoms with Gasteiger partial charge in [0, 0.05) is 16.1 Å². The third-order valence-electron chi connectivity index (χ3n) is 2.75. The van der Waals surface area contributed by atoms with E-state index in [0.717, 1.165) is 11.8 Å². The molecule has 3 nitrogen and oxygen atoms in total. The molecule has 2 aromatic carbocycles. The first-order valence-electron chi connectivity index (χ1n) is 6.34. The number of halogens is 1. The smallest absolute Gasteiger partial charge is 0.234 e. The number of carbonyl (C=O) groups is 2. The Morgan fingerprint density at radius 2 is 1.90 bits per heavy atom. The zero-order chi connectivity index (χ0) is 15.2. The zero-order valence-electron chi connectivity index (χ0n) is 11.4. The van der Waals surface area contributed by atoms with Gasteiger partial charge >= 0.3 is 0 Å². The quantitative estimate of drug-likeness (QED) is 0.676. The van der Waals surface area contributed by atoms with E-state index in [-0.39, 0.29) is 23.3 Å². The van der Waals surface area contributed by atoms with Gasteiger partial charge in [0.05, 0.1) is 5.75 Å². The van der Waals surface area contributed by atoms with Crippen LogP contribution in [0.2, 0.25) is 0 Å². The van der Waals surface area contributed by atoms with Gasteiger partial charge in [-0.3, -0.25) is 9.59 Å². The number of nitrogens with one attached hydrogen (secondary N) is 1. The van der Waals surface area contributed by atoms with Gasteiger partial charge in [-0.25, -0.2) is 4.39 Å². The highest BCUT2D eigenvalue weighted by atomic mass is 32.2. The Labute approximate surface area is 126 Å². The van der Waals surface area contributed by atoms with E-state index in [1.165, 1.54) is 13.0 Å². The van der Waals surface area contributed by atoms with Crippen LogP contribution in [0.1, 0.15) is 17.3 Å². The van der Waals surface area contributed by atoms with Crippen molar-refractivity contribution in [2.45, 2.75) is 11.8 Å². The van der Waals surface area contributed by atoms with Crippen LogP contribution in [0.3, 0.4) is 0 Å². The van der Waals surface area contributed by atoms with E-state index in [4.69, 9.17) is 0 Å². The summed E-state index contributed by atoms with van der Waals surface area (Å²) in [6.45, 7) is 1.47. The van der Waals surface area contributed by atoms with E-state index in [0.29, 0.717) is 16.1 Å². The fourth-order valence-electron chi connectivity index (χ4n) is 1.72. The average molecular weight is 303 g/mol. The first-order valence-corrected chi connectivity index (χ1v) is 7.33. The molecule has 21 heavy (non-hydrogen) atoms. The number of carbonyl (C=O) groups excluding carboxylic acids is 2. The van der Waals surface area contributed by atoms with Crippen molar-refractivity contribution >= 4 is 29.1 Å². The lowest BCUT2D eigenvalue weighted by atomic mass is 10.1. The Morgan fingerprint density at radius 1 is 1.14 bits per heavy atom. The number of anilines is 1. The van der Waals surface area contributed by atoms with Gasteiger partial charge in [-0.1, -0.05) is 24.3 Å². The van der Waals surface area contributed by atoms with Crippen molar-refractivity contribution in [2.75, 3.05) is 11.1 Å². The van der Waals surface area contributed by atoms with Crippen LogP contribution < -0.4 is 5.32 Å². The lowest BCUT2D eigenvalue weighted by molar-refractivity contribution is -0.113. The molecule has 108 valence electrons. The summed E-state index contributed by atoms with van der Waals surface area (Å²) in [5.41, 5.74) is 1.09. The van der Waals surface area contributed by atoms with Crippen molar-refractivity contribution in [3.05, 3.63) is 59.9 Å². The Morgan fingerprint density at radius 3 is 2.62 bits per heavy atom. The summed E-state index contributed by atoms with van der Waals surface area (Å²) in [5.74, 6) is -0.546. The number of amides is 1. The molecule has 0 spiro atoms. The van der Waals surface area contributed by atoms with E-state index in [9.17, 15) is 14.0 Å². The van der Waals surface area contributed by atoms with Gasteiger partial charge in [-0.15, -0.1) is 11.8 Å². The van der Waals surface area contributed by atoms with Crippen LogP contribution in [0.4, 0.5) is 10.1 Å². The van der Waals surface area contributed by atoms with Crippen LogP contribution in [0.25, 0.3) is 0 Å². The molecule has 1 amide bonds. The molecule has 2 rings (SSSR count). The second-order valence-electron chi connectivity index (χ2n) is 4.40. The molecular formula is C16H14FNO2S. The fraction of sp³-hybridized carbons (Fsp3) is 0.125. The summed E-state index contributed by atoms with van der Waals surface area (Å²) < 4.78 is 13.4. The number of hydrogen-bond donors (Lipinski definition) is 1. The highest BCUT2D eigenvalue weighted by molar-refractivity contribution is 8.00. The third-order valence-corrected chi connectivity index (χ3v) is 3.80. The maximum atomic E-state index is 13.4. The predicted molar refractivity (Wildman–Crippen MR) is 82.2 cm³/mol. The maximum absolute atomic E-state index is 13.4. The van der Waals surface area contributed by atoms with Crippen molar-refractivity contribution in [3.8, 4) is 0 Å². The second kappa shape index (κ2) is 7.04. The highest BCUT2D eigenvalue weighted by Gasteiger charge is 2.07. The molecule has 0 radical (unpaired) electrons. The molecule has 0 unspecified atom stereocenters. The fourth-order valence-corrected chi connectivity index (χ4v) is 2.46. The summed E-state index contributed by atoms with van der Waals surface area (Å²) in [7, 11) is 0. The summed E-state index contributed by atoms with van der Waals surface area (Å²) in [5, 5.41) is 2.69. The van der Waals surface area contributed by atoms with Crippen molar-refractivity contribution < 1.29 is 14.0 Å². The van der Waals surface area contributed by atoms with Gasteiger partial charge in [-0.05, 0) is 31.2 Å². The van der Waals surface area contributed by atoms with Crippen molar-refractivity contribution in [3.63, 3.8) is 0 Å². The van der Waals surface area contributed by atoms with Crippen LogP contribution in [-0.2, 0) is 4.79 Å². The van der Waals surface area contributed by atoms with Crippen LogP contribution in [0.5, 0.6) is 0 Å². The number of hydrogen-bond acceptors (Lipinski definition) is 3. The van der Waals surface area contributed by atoms with Crippen molar-refractivity contribution in [1.82, 2.24) is 0 Å². The molecule has 0 aliphatic heterocycles. The minimum absolute atomic E-state index is 0.0631. The summed E-state index contributed by atoms with van der Waals surface area (Å²) in [4.78, 5) is 23.5. The van der Waals surface area contributed by atoms with Gasteiger partial charge in [0.1, 0.15) is 5.82 Å². The number of benzene rings is 2. The molecule has 0 bridgehead atoms. The van der Waals surface area contributed by atoms with E-state index in [2.05, 4.69) is 5.32 Å². The minimum atomic E-state index is -0.339. The van der Waals surface area contributed by atoms with Gasteiger partial charge in [0.15, 0.2) is 5.78 Å². The molecular weight excluding hydrogens is 289 g/mol. The van der Waals surface area contributed by atoms with E-state index >= 15 is 0 Å². The van der Waals surface area contributed by atoms with Gasteiger partial charge in [-0.2, -0.15) is 0 Å². The largest absolute Gasteiger partial charge is 0.325 e. The van der Waals surface area contributed by atoms with E-state index in [1.54, 1.807) is 42.5 Å². The zero-order valence-corrected chi connectivity index (χ0v) is 12.2. The third kappa shape index (κ3) is 4.43. The molecule has 0 aromatic heterocycles. The Hall–Kier alpha value is -2.14. The number of thioether (sulfide) groups is 1. The molecule has 0 aliphatic rings. The molecule has 5 heteroatoms. The van der Waals surface area contributed by atoms with Crippen LogP contribution in [0.15, 0.2) is 53.4 Å². The molecule has 0 saturated carbocycles. The van der Waals surface area contributed by atoms with Gasteiger partial charge in [0.25, 0.3) is 0 Å². The normalized spacial score (nSPS) is 10.2. The maximum Gasteiger partial charge on any atom is 0.234 e. The van der Waals surface area contributed by atoms with Crippen LogP contribution >= 0.6 is 11.8 Å². The molecule has 0 heterocycles. The molecule has 0 fully saturated rings. The lowest BCUT2D eigenvalue weighted by Crippen LogP contribution is -2.14. The lowest BCUT2D eigenvalue weighted by Gasteiger charge is -2.06. The van der Waals surface area contributed by atoms with Crippen molar-refractivity contribution in [1.29, 1.82) is 0 Å². The molecule has 2 aromatic rings. The first kappa shape index (κ1) is 15.3. The summed E-state index contributed by atoms with van der Waals surface area (Å²) >= 11 is 1.13. The average Bonchev–Trinajstić information content (AvgIpc) is 2.46. The number of Topliss-reactive ketones (excluding diaryl/α,β-unsaturated/α-hetero) is 1. The number of ketones is 1. The minimum Gasteiger partial charge on any atom is -0.325 e. The molecule has 1 N–H and O–H groups in total. The SMILES string of the molecule is CC(=O)c1cccc(NC(=O)CSc2ccccc2F)c1. The highest BCUT2D eigenvalue weighted by Crippen LogP contribution is 2.21. The molecule has 0 aliphatic carbocycles. The van der Waals surface area contributed by atoms with Gasteiger partial charge in [0.2, 0.25) is 5.91 Å². The van der Waals surface area contributed by atoms with Crippen molar-refractivity contribution in [2.24, 2.45) is 0 Å². The summed E-state index contributed by atoms with van der Waals surface area (Å²) in [6.07, 6.45) is 0. The molecule has 0 saturated heterocycles. The van der Waals surface area contributed by atoms with Gasteiger partial charge < -0.3 is 5.32 Å². The Kier molecular flexibility index (Phi) is 5.11. The molecule has 0 atom stereocenters. The van der Waals surface area contributed by atoms with E-state index < -0.39 is 0 Å². The van der Waals surface area contributed by atoms with E-state index in [1.807, 2.05) is 0 Å².